The molecule has 2 atom stereocenters. The van der Waals surface area contributed by atoms with Gasteiger partial charge in [-0.3, -0.25) is 0 Å². The Morgan fingerprint density at radius 3 is 2.14 bits per heavy atom. The van der Waals surface area contributed by atoms with Crippen molar-refractivity contribution in [2.45, 2.75) is 71.7 Å². The van der Waals surface area contributed by atoms with Crippen molar-refractivity contribution in [2.24, 2.45) is 11.3 Å². The van der Waals surface area contributed by atoms with Gasteiger partial charge in [0.15, 0.2) is 0 Å². The molecule has 0 bridgehead atoms. The molecule has 0 saturated heterocycles. The van der Waals surface area contributed by atoms with Gasteiger partial charge in [-0.15, -0.1) is 0 Å². The highest BCUT2D eigenvalue weighted by molar-refractivity contribution is 7.89. The molecule has 0 heterocycles. The number of rotatable bonds is 3. The van der Waals surface area contributed by atoms with Crippen LogP contribution in [0.15, 0.2) is 17.0 Å². The number of benzene rings is 1. The molecule has 0 amide bonds. The zero-order valence-electron chi connectivity index (χ0n) is 14.7. The molecule has 0 aromatic heterocycles. The maximum Gasteiger partial charge on any atom is 0.241 e. The third kappa shape index (κ3) is 3.90. The highest BCUT2D eigenvalue weighted by atomic mass is 32.2. The van der Waals surface area contributed by atoms with Gasteiger partial charge < -0.3 is 0 Å². The van der Waals surface area contributed by atoms with E-state index in [0.29, 0.717) is 10.8 Å². The molecule has 124 valence electrons. The van der Waals surface area contributed by atoms with Crippen molar-refractivity contribution in [1.82, 2.24) is 4.72 Å². The molecule has 1 aromatic rings. The summed E-state index contributed by atoms with van der Waals surface area (Å²) in [6, 6.07) is 3.91. The van der Waals surface area contributed by atoms with Crippen LogP contribution >= 0.6 is 0 Å². The molecule has 2 rings (SSSR count). The van der Waals surface area contributed by atoms with Gasteiger partial charge in [0.25, 0.3) is 0 Å². The fraction of sp³-hybridized carbons (Fsp3) is 0.667. The van der Waals surface area contributed by atoms with Crippen LogP contribution in [0.2, 0.25) is 0 Å². The molecule has 2 unspecified atom stereocenters. The van der Waals surface area contributed by atoms with Crippen LogP contribution in [0.4, 0.5) is 0 Å². The van der Waals surface area contributed by atoms with E-state index < -0.39 is 10.0 Å². The van der Waals surface area contributed by atoms with Crippen LogP contribution in [0.3, 0.4) is 0 Å². The molecule has 0 spiro atoms. The van der Waals surface area contributed by atoms with Crippen LogP contribution in [-0.4, -0.2) is 14.5 Å². The predicted octanol–water partition coefficient (Wildman–Crippen LogP) is 4.10. The Bertz CT molecular complexity index is 639. The van der Waals surface area contributed by atoms with Crippen molar-refractivity contribution in [1.29, 1.82) is 0 Å². The van der Waals surface area contributed by atoms with Gasteiger partial charge in [0.05, 0.1) is 4.90 Å². The Labute approximate surface area is 135 Å². The molecule has 3 nitrogen and oxygen atoms in total. The fourth-order valence-electron chi connectivity index (χ4n) is 4.30. The van der Waals surface area contributed by atoms with Crippen LogP contribution in [0.5, 0.6) is 0 Å². The quantitative estimate of drug-likeness (QED) is 0.910. The van der Waals surface area contributed by atoms with Gasteiger partial charge in [-0.25, -0.2) is 13.1 Å². The van der Waals surface area contributed by atoms with Crippen molar-refractivity contribution in [3.05, 3.63) is 28.8 Å². The van der Waals surface area contributed by atoms with E-state index in [1.165, 1.54) is 0 Å². The first-order chi connectivity index (χ1) is 10.00. The van der Waals surface area contributed by atoms with Gasteiger partial charge in [0.1, 0.15) is 0 Å². The molecule has 1 aromatic carbocycles. The fourth-order valence-corrected chi connectivity index (χ4v) is 6.01. The number of nitrogens with one attached hydrogen (secondary N) is 1. The van der Waals surface area contributed by atoms with Gasteiger partial charge >= 0.3 is 0 Å². The number of aryl methyl sites for hydroxylation is 3. The molecule has 22 heavy (non-hydrogen) atoms. The standard InChI is InChI=1S/C18H29NO2S/c1-12-7-14(3)17(15(4)8-12)22(20,21)19-16-9-13(2)10-18(5,6)11-16/h7-8,13,16,19H,9-11H2,1-6H3. The minimum absolute atomic E-state index is 0.0313. The lowest BCUT2D eigenvalue weighted by molar-refractivity contribution is 0.163. The highest BCUT2D eigenvalue weighted by Gasteiger charge is 2.34. The molecule has 1 aliphatic rings. The normalized spacial score (nSPS) is 25.2. The summed E-state index contributed by atoms with van der Waals surface area (Å²) >= 11 is 0. The van der Waals surface area contributed by atoms with E-state index in [1.54, 1.807) is 0 Å². The van der Waals surface area contributed by atoms with Gasteiger partial charge in [-0.05, 0) is 62.5 Å². The van der Waals surface area contributed by atoms with E-state index in [2.05, 4.69) is 25.5 Å². The molecule has 1 fully saturated rings. The molecule has 1 aliphatic carbocycles. The summed E-state index contributed by atoms with van der Waals surface area (Å²) in [5.74, 6) is 0.552. The van der Waals surface area contributed by atoms with Gasteiger partial charge in [0, 0.05) is 6.04 Å². The zero-order chi connectivity index (χ0) is 16.7. The van der Waals surface area contributed by atoms with Crippen molar-refractivity contribution < 1.29 is 8.42 Å². The summed E-state index contributed by atoms with van der Waals surface area (Å²) in [6.07, 6.45) is 2.99. The monoisotopic (exact) mass is 323 g/mol. The van der Waals surface area contributed by atoms with Gasteiger partial charge in [-0.1, -0.05) is 38.5 Å². The van der Waals surface area contributed by atoms with Crippen LogP contribution in [0.1, 0.15) is 56.7 Å². The van der Waals surface area contributed by atoms with E-state index in [-0.39, 0.29) is 11.5 Å². The number of hydrogen-bond donors (Lipinski definition) is 1. The third-order valence-corrected chi connectivity index (χ3v) is 6.41. The maximum atomic E-state index is 12.9. The van der Waals surface area contributed by atoms with Crippen molar-refractivity contribution >= 4 is 10.0 Å². The first-order valence-electron chi connectivity index (χ1n) is 8.10. The second-order valence-electron chi connectivity index (χ2n) is 7.96. The summed E-state index contributed by atoms with van der Waals surface area (Å²) in [5.41, 5.74) is 2.95. The average Bonchev–Trinajstić information content (AvgIpc) is 2.21. The number of hydrogen-bond acceptors (Lipinski definition) is 2. The second-order valence-corrected chi connectivity index (χ2v) is 9.61. The largest absolute Gasteiger partial charge is 0.241 e. The molecular formula is C18H29NO2S. The van der Waals surface area contributed by atoms with Crippen LogP contribution < -0.4 is 4.72 Å². The predicted molar refractivity (Wildman–Crippen MR) is 91.6 cm³/mol. The van der Waals surface area contributed by atoms with E-state index in [0.717, 1.165) is 36.0 Å². The van der Waals surface area contributed by atoms with Crippen LogP contribution in [-0.2, 0) is 10.0 Å². The molecule has 1 saturated carbocycles. The Morgan fingerprint density at radius 1 is 1.09 bits per heavy atom. The first-order valence-corrected chi connectivity index (χ1v) is 9.59. The van der Waals surface area contributed by atoms with Crippen molar-refractivity contribution in [2.75, 3.05) is 0 Å². The van der Waals surface area contributed by atoms with Crippen molar-refractivity contribution in [3.8, 4) is 0 Å². The molecular weight excluding hydrogens is 294 g/mol. The minimum Gasteiger partial charge on any atom is -0.208 e. The van der Waals surface area contributed by atoms with E-state index in [9.17, 15) is 8.42 Å². The zero-order valence-corrected chi connectivity index (χ0v) is 15.5. The molecule has 1 N–H and O–H groups in total. The summed E-state index contributed by atoms with van der Waals surface area (Å²) < 4.78 is 28.7. The molecule has 4 heteroatoms. The first kappa shape index (κ1) is 17.5. The third-order valence-electron chi connectivity index (χ3n) is 4.58. The average molecular weight is 324 g/mol. The Balaban J connectivity index is 2.29. The summed E-state index contributed by atoms with van der Waals surface area (Å²) in [6.45, 7) is 12.4. The minimum atomic E-state index is -3.46. The lowest BCUT2D eigenvalue weighted by Gasteiger charge is -2.39. The Kier molecular flexibility index (Phi) is 4.74. The van der Waals surface area contributed by atoms with Crippen LogP contribution in [0, 0.1) is 32.1 Å². The molecule has 0 radical (unpaired) electrons. The summed E-state index contributed by atoms with van der Waals surface area (Å²) in [4.78, 5) is 0.453. The topological polar surface area (TPSA) is 46.2 Å². The van der Waals surface area contributed by atoms with Gasteiger partial charge in [0.2, 0.25) is 10.0 Å². The smallest absolute Gasteiger partial charge is 0.208 e. The molecule has 0 aliphatic heterocycles. The Hall–Kier alpha value is -0.870. The SMILES string of the molecule is Cc1cc(C)c(S(=O)(=O)NC2CC(C)CC(C)(C)C2)c(C)c1. The Morgan fingerprint density at radius 2 is 1.64 bits per heavy atom. The highest BCUT2D eigenvalue weighted by Crippen LogP contribution is 2.39. The van der Waals surface area contributed by atoms with Crippen molar-refractivity contribution in [3.63, 3.8) is 0 Å². The lowest BCUT2D eigenvalue weighted by atomic mass is 9.71. The second kappa shape index (κ2) is 5.97. The lowest BCUT2D eigenvalue weighted by Crippen LogP contribution is -2.43. The summed E-state index contributed by atoms with van der Waals surface area (Å²) in [5, 5.41) is 0. The van der Waals surface area contributed by atoms with E-state index in [1.807, 2.05) is 32.9 Å². The van der Waals surface area contributed by atoms with E-state index >= 15 is 0 Å². The van der Waals surface area contributed by atoms with E-state index in [4.69, 9.17) is 0 Å². The van der Waals surface area contributed by atoms with Crippen LogP contribution in [0.25, 0.3) is 0 Å². The van der Waals surface area contributed by atoms with Gasteiger partial charge in [-0.2, -0.15) is 0 Å². The number of sulfonamides is 1. The maximum absolute atomic E-state index is 12.9. The summed E-state index contributed by atoms with van der Waals surface area (Å²) in [7, 11) is -3.46.